The molecule has 0 aromatic heterocycles. The molecule has 1 saturated carbocycles. The van der Waals surface area contributed by atoms with Crippen molar-refractivity contribution in [1.29, 1.82) is 0 Å². The number of hydrogen-bond acceptors (Lipinski definition) is 2. The smallest absolute Gasteiger partial charge is 0.0166 e. The highest BCUT2D eigenvalue weighted by atomic mass is 15.1. The maximum atomic E-state index is 6.40. The van der Waals surface area contributed by atoms with Crippen LogP contribution in [0.4, 0.5) is 0 Å². The third kappa shape index (κ3) is 4.42. The van der Waals surface area contributed by atoms with Gasteiger partial charge in [-0.05, 0) is 38.3 Å². The van der Waals surface area contributed by atoms with E-state index < -0.39 is 0 Å². The molecule has 0 heterocycles. The van der Waals surface area contributed by atoms with Crippen LogP contribution < -0.4 is 5.73 Å². The number of nitrogens with two attached hydrogens (primary N) is 1. The molecule has 1 unspecified atom stereocenters. The van der Waals surface area contributed by atoms with Crippen molar-refractivity contribution in [2.24, 2.45) is 11.7 Å². The van der Waals surface area contributed by atoms with Crippen LogP contribution in [0, 0.1) is 5.92 Å². The van der Waals surface area contributed by atoms with E-state index in [1.807, 2.05) is 0 Å². The Labute approximate surface area is 102 Å². The maximum Gasteiger partial charge on any atom is 0.0166 e. The van der Waals surface area contributed by atoms with E-state index in [1.165, 1.54) is 58.2 Å². The molecule has 2 nitrogen and oxygen atoms in total. The molecular weight excluding hydrogens is 196 g/mol. The number of nitrogens with zero attached hydrogens (tertiary/aromatic N) is 1. The standard InChI is InChI=1S/C14H30N2/c1-4-13(3)12-16(5-2)11-10-14(15)8-6-7-9-14/h13H,4-12,15H2,1-3H3. The Morgan fingerprint density at radius 3 is 2.38 bits per heavy atom. The topological polar surface area (TPSA) is 29.3 Å². The quantitative estimate of drug-likeness (QED) is 0.723. The average molecular weight is 226 g/mol. The molecule has 96 valence electrons. The lowest BCUT2D eigenvalue weighted by molar-refractivity contribution is 0.219. The summed E-state index contributed by atoms with van der Waals surface area (Å²) in [4.78, 5) is 2.57. The molecule has 0 aliphatic heterocycles. The van der Waals surface area contributed by atoms with Crippen LogP contribution in [-0.2, 0) is 0 Å². The fourth-order valence-corrected chi connectivity index (χ4v) is 2.66. The molecule has 1 aliphatic rings. The fraction of sp³-hybridized carbons (Fsp3) is 1.00. The molecule has 2 N–H and O–H groups in total. The summed E-state index contributed by atoms with van der Waals surface area (Å²) < 4.78 is 0. The molecule has 0 radical (unpaired) electrons. The van der Waals surface area contributed by atoms with Gasteiger partial charge in [0.15, 0.2) is 0 Å². The first-order chi connectivity index (χ1) is 7.59. The summed E-state index contributed by atoms with van der Waals surface area (Å²) in [6.45, 7) is 10.5. The first-order valence-corrected chi connectivity index (χ1v) is 7.11. The molecule has 0 bridgehead atoms. The zero-order valence-corrected chi connectivity index (χ0v) is 11.5. The van der Waals surface area contributed by atoms with Gasteiger partial charge in [0.2, 0.25) is 0 Å². The van der Waals surface area contributed by atoms with Crippen LogP contribution in [0.1, 0.15) is 59.3 Å². The highest BCUT2D eigenvalue weighted by molar-refractivity contribution is 4.89. The minimum atomic E-state index is 0.170. The summed E-state index contributed by atoms with van der Waals surface area (Å²) in [5.41, 5.74) is 6.57. The lowest BCUT2D eigenvalue weighted by Crippen LogP contribution is -2.41. The van der Waals surface area contributed by atoms with Gasteiger partial charge in [-0.15, -0.1) is 0 Å². The number of rotatable bonds is 7. The second-order valence-electron chi connectivity index (χ2n) is 5.73. The van der Waals surface area contributed by atoms with Crippen molar-refractivity contribution >= 4 is 0 Å². The summed E-state index contributed by atoms with van der Waals surface area (Å²) >= 11 is 0. The normalized spacial score (nSPS) is 21.6. The molecule has 16 heavy (non-hydrogen) atoms. The van der Waals surface area contributed by atoms with Crippen LogP contribution in [0.15, 0.2) is 0 Å². The van der Waals surface area contributed by atoms with Crippen LogP contribution in [0.5, 0.6) is 0 Å². The molecule has 1 fully saturated rings. The monoisotopic (exact) mass is 226 g/mol. The average Bonchev–Trinajstić information content (AvgIpc) is 2.71. The van der Waals surface area contributed by atoms with E-state index in [0.29, 0.717) is 0 Å². The van der Waals surface area contributed by atoms with E-state index in [1.54, 1.807) is 0 Å². The Morgan fingerprint density at radius 1 is 1.25 bits per heavy atom. The van der Waals surface area contributed by atoms with E-state index in [4.69, 9.17) is 5.73 Å². The third-order valence-corrected chi connectivity index (χ3v) is 4.24. The number of hydrogen-bond donors (Lipinski definition) is 1. The van der Waals surface area contributed by atoms with Gasteiger partial charge in [-0.2, -0.15) is 0 Å². The molecule has 0 spiro atoms. The van der Waals surface area contributed by atoms with Gasteiger partial charge in [0, 0.05) is 12.1 Å². The van der Waals surface area contributed by atoms with Crippen molar-refractivity contribution in [2.75, 3.05) is 19.6 Å². The minimum Gasteiger partial charge on any atom is -0.325 e. The van der Waals surface area contributed by atoms with Crippen molar-refractivity contribution in [2.45, 2.75) is 64.8 Å². The van der Waals surface area contributed by atoms with E-state index in [0.717, 1.165) is 5.92 Å². The van der Waals surface area contributed by atoms with E-state index in [2.05, 4.69) is 25.7 Å². The van der Waals surface area contributed by atoms with Gasteiger partial charge in [0.05, 0.1) is 0 Å². The Hall–Kier alpha value is -0.0800. The first-order valence-electron chi connectivity index (χ1n) is 7.11. The summed E-state index contributed by atoms with van der Waals surface area (Å²) in [7, 11) is 0. The summed E-state index contributed by atoms with van der Waals surface area (Å²) in [6, 6.07) is 0. The van der Waals surface area contributed by atoms with Crippen molar-refractivity contribution in [1.82, 2.24) is 4.90 Å². The van der Waals surface area contributed by atoms with Gasteiger partial charge in [-0.1, -0.05) is 40.0 Å². The lowest BCUT2D eigenvalue weighted by atomic mass is 9.94. The molecule has 0 aromatic carbocycles. The molecule has 0 saturated heterocycles. The maximum absolute atomic E-state index is 6.40. The SMILES string of the molecule is CCC(C)CN(CC)CCC1(N)CCCC1. The molecular formula is C14H30N2. The van der Waals surface area contributed by atoms with E-state index in [9.17, 15) is 0 Å². The zero-order chi connectivity index (χ0) is 12.0. The van der Waals surface area contributed by atoms with Gasteiger partial charge in [-0.3, -0.25) is 0 Å². The summed E-state index contributed by atoms with van der Waals surface area (Å²) in [6.07, 6.45) is 7.64. The Kier molecular flexibility index (Phi) is 5.77. The van der Waals surface area contributed by atoms with Crippen LogP contribution in [0.25, 0.3) is 0 Å². The van der Waals surface area contributed by atoms with Crippen molar-refractivity contribution < 1.29 is 0 Å². The predicted octanol–water partition coefficient (Wildman–Crippen LogP) is 3.02. The predicted molar refractivity (Wildman–Crippen MR) is 71.6 cm³/mol. The van der Waals surface area contributed by atoms with Gasteiger partial charge in [0.25, 0.3) is 0 Å². The van der Waals surface area contributed by atoms with Crippen molar-refractivity contribution in [3.8, 4) is 0 Å². The van der Waals surface area contributed by atoms with Gasteiger partial charge in [0.1, 0.15) is 0 Å². The van der Waals surface area contributed by atoms with Crippen LogP contribution in [0.3, 0.4) is 0 Å². The van der Waals surface area contributed by atoms with E-state index in [-0.39, 0.29) is 5.54 Å². The largest absolute Gasteiger partial charge is 0.325 e. The van der Waals surface area contributed by atoms with Crippen LogP contribution >= 0.6 is 0 Å². The Balaban J connectivity index is 2.27. The van der Waals surface area contributed by atoms with Crippen molar-refractivity contribution in [3.05, 3.63) is 0 Å². The third-order valence-electron chi connectivity index (χ3n) is 4.24. The Bertz CT molecular complexity index is 185. The second kappa shape index (κ2) is 6.61. The van der Waals surface area contributed by atoms with Gasteiger partial charge >= 0.3 is 0 Å². The molecule has 2 heteroatoms. The van der Waals surface area contributed by atoms with Gasteiger partial charge < -0.3 is 10.6 Å². The second-order valence-corrected chi connectivity index (χ2v) is 5.73. The highest BCUT2D eigenvalue weighted by Crippen LogP contribution is 2.30. The Morgan fingerprint density at radius 2 is 1.88 bits per heavy atom. The molecule has 1 rings (SSSR count). The molecule has 1 aliphatic carbocycles. The fourth-order valence-electron chi connectivity index (χ4n) is 2.66. The van der Waals surface area contributed by atoms with Crippen molar-refractivity contribution in [3.63, 3.8) is 0 Å². The highest BCUT2D eigenvalue weighted by Gasteiger charge is 2.29. The summed E-state index contributed by atoms with van der Waals surface area (Å²) in [5, 5.41) is 0. The first kappa shape index (κ1) is 14.0. The zero-order valence-electron chi connectivity index (χ0n) is 11.5. The molecule has 0 aromatic rings. The molecule has 0 amide bonds. The van der Waals surface area contributed by atoms with Crippen LogP contribution in [-0.4, -0.2) is 30.1 Å². The van der Waals surface area contributed by atoms with Gasteiger partial charge in [-0.25, -0.2) is 0 Å². The van der Waals surface area contributed by atoms with Crippen LogP contribution in [0.2, 0.25) is 0 Å². The van der Waals surface area contributed by atoms with E-state index >= 15 is 0 Å². The summed E-state index contributed by atoms with van der Waals surface area (Å²) in [5.74, 6) is 0.817. The minimum absolute atomic E-state index is 0.170. The lowest BCUT2D eigenvalue weighted by Gasteiger charge is -2.29. The molecule has 1 atom stereocenters.